The fourth-order valence-corrected chi connectivity index (χ4v) is 3.93. The van der Waals surface area contributed by atoms with Gasteiger partial charge in [-0.05, 0) is 37.8 Å². The number of nitrogens with zero attached hydrogens (tertiary/aromatic N) is 5. The molecule has 0 amide bonds. The summed E-state index contributed by atoms with van der Waals surface area (Å²) in [6.07, 6.45) is 3.68. The van der Waals surface area contributed by atoms with Crippen molar-refractivity contribution in [2.75, 3.05) is 36.5 Å². The van der Waals surface area contributed by atoms with Crippen LogP contribution in [-0.4, -0.2) is 62.1 Å². The second-order valence-corrected chi connectivity index (χ2v) is 7.74. The van der Waals surface area contributed by atoms with Crippen LogP contribution in [-0.2, 0) is 12.8 Å². The van der Waals surface area contributed by atoms with Crippen LogP contribution in [0.3, 0.4) is 0 Å². The number of benzene rings is 1. The lowest BCUT2D eigenvalue weighted by Gasteiger charge is -2.22. The summed E-state index contributed by atoms with van der Waals surface area (Å²) in [5, 5.41) is 22.4. The zero-order valence-electron chi connectivity index (χ0n) is 16.9. The Morgan fingerprint density at radius 2 is 1.76 bits per heavy atom. The number of anilines is 2. The van der Waals surface area contributed by atoms with Crippen LogP contribution in [0.15, 0.2) is 30.6 Å². The van der Waals surface area contributed by atoms with Gasteiger partial charge >= 0.3 is 0 Å². The summed E-state index contributed by atoms with van der Waals surface area (Å²) in [4.78, 5) is 15.8. The van der Waals surface area contributed by atoms with Gasteiger partial charge in [0.25, 0.3) is 0 Å². The van der Waals surface area contributed by atoms with Crippen LogP contribution in [0, 0.1) is 0 Å². The van der Waals surface area contributed by atoms with Gasteiger partial charge in [0.1, 0.15) is 0 Å². The zero-order chi connectivity index (χ0) is 20.4. The summed E-state index contributed by atoms with van der Waals surface area (Å²) in [7, 11) is 0. The first-order valence-electron chi connectivity index (χ1n) is 10.1. The lowest BCUT2D eigenvalue weighted by atomic mass is 10.1. The number of nitrogens with one attached hydrogen (secondary N) is 1. The highest BCUT2D eigenvalue weighted by molar-refractivity contribution is 5.84. The van der Waals surface area contributed by atoms with Crippen LogP contribution in [0.25, 0.3) is 11.2 Å². The zero-order valence-corrected chi connectivity index (χ0v) is 16.9. The van der Waals surface area contributed by atoms with E-state index in [0.717, 1.165) is 24.0 Å². The standard InChI is InChI=1S/C21H28N6O2/c1-14(2)27-13-22-18-19(23-17-11-15-5-3-4-6-16(15)12-17)24-21(25-20(18)27)26(7-9-28)8-10-29/h3-6,13-14,17,28-29H,7-12H2,1-2H3,(H,23,24,25). The molecule has 0 bridgehead atoms. The first-order valence-corrected chi connectivity index (χ1v) is 10.1. The lowest BCUT2D eigenvalue weighted by molar-refractivity contribution is 0.280. The second kappa shape index (κ2) is 8.34. The van der Waals surface area contributed by atoms with E-state index in [1.54, 1.807) is 11.2 Å². The summed E-state index contributed by atoms with van der Waals surface area (Å²) < 4.78 is 2.02. The molecule has 2 heterocycles. The predicted molar refractivity (Wildman–Crippen MR) is 113 cm³/mol. The second-order valence-electron chi connectivity index (χ2n) is 7.74. The van der Waals surface area contributed by atoms with Gasteiger partial charge in [0.15, 0.2) is 17.0 Å². The van der Waals surface area contributed by atoms with Gasteiger partial charge in [0, 0.05) is 25.2 Å². The van der Waals surface area contributed by atoms with Crippen molar-refractivity contribution in [2.24, 2.45) is 0 Å². The van der Waals surface area contributed by atoms with Crippen molar-refractivity contribution >= 4 is 22.9 Å². The van der Waals surface area contributed by atoms with E-state index in [1.165, 1.54) is 11.1 Å². The Labute approximate surface area is 170 Å². The largest absolute Gasteiger partial charge is 0.395 e. The minimum absolute atomic E-state index is 0.0362. The molecule has 3 aromatic rings. The van der Waals surface area contributed by atoms with E-state index < -0.39 is 0 Å². The number of imidazole rings is 1. The van der Waals surface area contributed by atoms with Crippen molar-refractivity contribution in [3.63, 3.8) is 0 Å². The van der Waals surface area contributed by atoms with E-state index in [1.807, 2.05) is 4.57 Å². The number of hydrogen-bond donors (Lipinski definition) is 3. The van der Waals surface area contributed by atoms with E-state index >= 15 is 0 Å². The van der Waals surface area contributed by atoms with Crippen LogP contribution < -0.4 is 10.2 Å². The summed E-state index contributed by atoms with van der Waals surface area (Å²) in [6, 6.07) is 8.95. The topological polar surface area (TPSA) is 99.3 Å². The highest BCUT2D eigenvalue weighted by atomic mass is 16.3. The molecule has 0 saturated carbocycles. The molecule has 154 valence electrons. The molecule has 0 fully saturated rings. The van der Waals surface area contributed by atoms with E-state index in [4.69, 9.17) is 9.97 Å². The molecule has 29 heavy (non-hydrogen) atoms. The third-order valence-corrected chi connectivity index (χ3v) is 5.38. The van der Waals surface area contributed by atoms with Gasteiger partial charge in [-0.3, -0.25) is 0 Å². The molecule has 3 N–H and O–H groups in total. The van der Waals surface area contributed by atoms with Crippen LogP contribution in [0.1, 0.15) is 31.0 Å². The van der Waals surface area contributed by atoms with Crippen molar-refractivity contribution in [3.8, 4) is 0 Å². The van der Waals surface area contributed by atoms with Gasteiger partial charge < -0.3 is 25.0 Å². The number of aliphatic hydroxyl groups is 2. The van der Waals surface area contributed by atoms with Gasteiger partial charge in [-0.1, -0.05) is 24.3 Å². The summed E-state index contributed by atoms with van der Waals surface area (Å²) in [5.41, 5.74) is 4.23. The van der Waals surface area contributed by atoms with E-state index in [2.05, 4.69) is 48.4 Å². The molecule has 0 unspecified atom stereocenters. The number of hydrogen-bond acceptors (Lipinski definition) is 7. The first-order chi connectivity index (χ1) is 14.1. The third kappa shape index (κ3) is 3.90. The van der Waals surface area contributed by atoms with Crippen molar-refractivity contribution in [3.05, 3.63) is 41.7 Å². The summed E-state index contributed by atoms with van der Waals surface area (Å²) in [5.74, 6) is 1.18. The van der Waals surface area contributed by atoms with Gasteiger partial charge in [0.2, 0.25) is 5.95 Å². The molecule has 1 aliphatic rings. The van der Waals surface area contributed by atoms with Gasteiger partial charge in [-0.2, -0.15) is 9.97 Å². The van der Waals surface area contributed by atoms with E-state index in [0.29, 0.717) is 24.9 Å². The summed E-state index contributed by atoms with van der Waals surface area (Å²) in [6.45, 7) is 4.81. The molecule has 1 aromatic carbocycles. The average Bonchev–Trinajstić information content (AvgIpc) is 3.31. The van der Waals surface area contributed by atoms with Crippen molar-refractivity contribution < 1.29 is 10.2 Å². The van der Waals surface area contributed by atoms with Gasteiger partial charge in [0.05, 0.1) is 19.5 Å². The molecule has 4 rings (SSSR count). The Morgan fingerprint density at radius 1 is 1.10 bits per heavy atom. The fraction of sp³-hybridized carbons (Fsp3) is 0.476. The Bertz CT molecular complexity index is 955. The van der Waals surface area contributed by atoms with Crippen molar-refractivity contribution in [2.45, 2.75) is 38.8 Å². The van der Waals surface area contributed by atoms with Gasteiger partial charge in [-0.25, -0.2) is 4.98 Å². The molecular formula is C21H28N6O2. The van der Waals surface area contributed by atoms with Crippen LogP contribution >= 0.6 is 0 Å². The number of aromatic nitrogens is 4. The molecule has 0 aliphatic heterocycles. The molecular weight excluding hydrogens is 368 g/mol. The molecule has 0 spiro atoms. The van der Waals surface area contributed by atoms with Crippen LogP contribution in [0.4, 0.5) is 11.8 Å². The Hall–Kier alpha value is -2.71. The highest BCUT2D eigenvalue weighted by Crippen LogP contribution is 2.28. The maximum Gasteiger partial charge on any atom is 0.229 e. The molecule has 2 aromatic heterocycles. The minimum atomic E-state index is -0.0362. The summed E-state index contributed by atoms with van der Waals surface area (Å²) >= 11 is 0. The van der Waals surface area contributed by atoms with Gasteiger partial charge in [-0.15, -0.1) is 0 Å². The Kier molecular flexibility index (Phi) is 5.64. The monoisotopic (exact) mass is 396 g/mol. The molecule has 0 radical (unpaired) electrons. The first kappa shape index (κ1) is 19.6. The van der Waals surface area contributed by atoms with Crippen LogP contribution in [0.2, 0.25) is 0 Å². The predicted octanol–water partition coefficient (Wildman–Crippen LogP) is 1.78. The van der Waals surface area contributed by atoms with Crippen molar-refractivity contribution in [1.82, 2.24) is 19.5 Å². The smallest absolute Gasteiger partial charge is 0.229 e. The molecule has 1 aliphatic carbocycles. The Morgan fingerprint density at radius 3 is 2.34 bits per heavy atom. The Balaban J connectivity index is 1.72. The molecule has 0 saturated heterocycles. The number of fused-ring (bicyclic) bond motifs is 2. The normalized spacial score (nSPS) is 14.0. The molecule has 0 atom stereocenters. The molecule has 8 nitrogen and oxygen atoms in total. The highest BCUT2D eigenvalue weighted by Gasteiger charge is 2.24. The maximum absolute atomic E-state index is 9.43. The van der Waals surface area contributed by atoms with Crippen molar-refractivity contribution in [1.29, 1.82) is 0 Å². The van der Waals surface area contributed by atoms with E-state index in [-0.39, 0.29) is 25.3 Å². The third-order valence-electron chi connectivity index (χ3n) is 5.38. The number of rotatable bonds is 8. The minimum Gasteiger partial charge on any atom is -0.395 e. The number of aliphatic hydroxyl groups excluding tert-OH is 2. The molecule has 8 heteroatoms. The van der Waals surface area contributed by atoms with Crippen LogP contribution in [0.5, 0.6) is 0 Å². The fourth-order valence-electron chi connectivity index (χ4n) is 3.93. The quantitative estimate of drug-likeness (QED) is 0.534. The average molecular weight is 396 g/mol. The maximum atomic E-state index is 9.43. The van der Waals surface area contributed by atoms with E-state index in [9.17, 15) is 10.2 Å². The SMILES string of the molecule is CC(C)n1cnc2c(NC3Cc4ccccc4C3)nc(N(CCO)CCO)nc21. The lowest BCUT2D eigenvalue weighted by Crippen LogP contribution is -2.32.